The highest BCUT2D eigenvalue weighted by Gasteiger charge is 2.03. The van der Waals surface area contributed by atoms with Crippen LogP contribution in [0, 0.1) is 0 Å². The summed E-state index contributed by atoms with van der Waals surface area (Å²) in [6.45, 7) is 0. The molecule has 0 radical (unpaired) electrons. The largest absolute Gasteiger partial charge is 0.513 e. The quantitative estimate of drug-likeness (QED) is 0.824. The molecular formula is C13H11FN2O. The van der Waals surface area contributed by atoms with Gasteiger partial charge in [0.1, 0.15) is 12.1 Å². The van der Waals surface area contributed by atoms with Gasteiger partial charge in [-0.3, -0.25) is 0 Å². The lowest BCUT2D eigenvalue weighted by molar-refractivity contribution is 0.435. The molecule has 2 rings (SSSR count). The van der Waals surface area contributed by atoms with Gasteiger partial charge in [-0.15, -0.1) is 0 Å². The van der Waals surface area contributed by atoms with Gasteiger partial charge in [0.25, 0.3) is 0 Å². The summed E-state index contributed by atoms with van der Waals surface area (Å²) >= 11 is 0. The second kappa shape index (κ2) is 5.21. The van der Waals surface area contributed by atoms with Gasteiger partial charge in [0.15, 0.2) is 5.82 Å². The van der Waals surface area contributed by atoms with Crippen molar-refractivity contribution in [3.63, 3.8) is 0 Å². The van der Waals surface area contributed by atoms with Crippen molar-refractivity contribution in [3.05, 3.63) is 60.4 Å². The van der Waals surface area contributed by atoms with Crippen LogP contribution >= 0.6 is 0 Å². The molecule has 1 aromatic carbocycles. The molecular weight excluding hydrogens is 219 g/mol. The van der Waals surface area contributed by atoms with Crippen molar-refractivity contribution >= 4 is 0 Å². The highest BCUT2D eigenvalue weighted by molar-refractivity contribution is 5.55. The Morgan fingerprint density at radius 1 is 1.24 bits per heavy atom. The summed E-state index contributed by atoms with van der Waals surface area (Å²) in [6.07, 6.45) is 3.86. The first-order chi connectivity index (χ1) is 8.29. The number of allylic oxidation sites excluding steroid dienone is 1. The van der Waals surface area contributed by atoms with E-state index in [1.165, 1.54) is 0 Å². The third-order valence-corrected chi connectivity index (χ3v) is 2.26. The summed E-state index contributed by atoms with van der Waals surface area (Å²) in [5, 5.41) is 8.52. The highest BCUT2D eigenvalue weighted by Crippen LogP contribution is 2.17. The Balaban J connectivity index is 2.29. The summed E-state index contributed by atoms with van der Waals surface area (Å²) in [7, 11) is 0. The van der Waals surface area contributed by atoms with Gasteiger partial charge in [-0.2, -0.15) is 0 Å². The smallest absolute Gasteiger partial charge is 0.159 e. The lowest BCUT2D eigenvalue weighted by atomic mass is 10.1. The van der Waals surface area contributed by atoms with E-state index in [0.29, 0.717) is 12.1 Å². The Morgan fingerprint density at radius 2 is 2.00 bits per heavy atom. The molecule has 86 valence electrons. The Labute approximate surface area is 98.3 Å². The van der Waals surface area contributed by atoms with E-state index in [1.807, 2.05) is 12.1 Å². The first-order valence-electron chi connectivity index (χ1n) is 5.14. The molecule has 2 aromatic rings. The first kappa shape index (κ1) is 11.3. The summed E-state index contributed by atoms with van der Waals surface area (Å²) in [4.78, 5) is 8.24. The number of halogens is 1. The van der Waals surface area contributed by atoms with Gasteiger partial charge in [-0.1, -0.05) is 18.2 Å². The summed E-state index contributed by atoms with van der Waals surface area (Å²) < 4.78 is 12.9. The molecule has 0 spiro atoms. The molecule has 4 heteroatoms. The van der Waals surface area contributed by atoms with Gasteiger partial charge in [0, 0.05) is 24.4 Å². The lowest BCUT2D eigenvalue weighted by Crippen LogP contribution is -1.90. The molecule has 0 saturated carbocycles. The van der Waals surface area contributed by atoms with Gasteiger partial charge in [0.05, 0.1) is 0 Å². The van der Waals surface area contributed by atoms with Crippen molar-refractivity contribution in [2.75, 3.05) is 0 Å². The van der Waals surface area contributed by atoms with Crippen molar-refractivity contribution in [2.24, 2.45) is 0 Å². The molecule has 0 bridgehead atoms. The molecule has 17 heavy (non-hydrogen) atoms. The monoisotopic (exact) mass is 230 g/mol. The maximum atomic E-state index is 12.9. The molecule has 1 aromatic heterocycles. The van der Waals surface area contributed by atoms with Gasteiger partial charge in [-0.05, 0) is 17.7 Å². The number of aliphatic hydroxyl groups is 1. The average Bonchev–Trinajstić information content (AvgIpc) is 2.40. The summed E-state index contributed by atoms with van der Waals surface area (Å²) in [5.74, 6) is 0.0267. The van der Waals surface area contributed by atoms with Crippen LogP contribution in [0.15, 0.2) is 54.8 Å². The second-order valence-electron chi connectivity index (χ2n) is 3.53. The maximum Gasteiger partial charge on any atom is 0.159 e. The SMILES string of the molecule is O/C=C(\F)Cc1cccc(-c2ncccn2)c1. The van der Waals surface area contributed by atoms with E-state index in [9.17, 15) is 4.39 Å². The minimum absolute atomic E-state index is 0.0666. The van der Waals surface area contributed by atoms with Crippen molar-refractivity contribution in [2.45, 2.75) is 6.42 Å². The average molecular weight is 230 g/mol. The lowest BCUT2D eigenvalue weighted by Gasteiger charge is -2.02. The van der Waals surface area contributed by atoms with Crippen LogP contribution in [0.25, 0.3) is 11.4 Å². The number of hydrogen-bond donors (Lipinski definition) is 1. The van der Waals surface area contributed by atoms with Crippen LogP contribution in [0.4, 0.5) is 4.39 Å². The molecule has 0 amide bonds. The van der Waals surface area contributed by atoms with Crippen LogP contribution in [0.1, 0.15) is 5.56 Å². The van der Waals surface area contributed by atoms with E-state index >= 15 is 0 Å². The topological polar surface area (TPSA) is 46.0 Å². The van der Waals surface area contributed by atoms with Crippen LogP contribution in [0.5, 0.6) is 0 Å². The molecule has 0 unspecified atom stereocenters. The van der Waals surface area contributed by atoms with E-state index in [2.05, 4.69) is 9.97 Å². The molecule has 0 aliphatic rings. The maximum absolute atomic E-state index is 12.9. The van der Waals surface area contributed by atoms with Crippen LogP contribution in [-0.4, -0.2) is 15.1 Å². The fourth-order valence-corrected chi connectivity index (χ4v) is 1.51. The third-order valence-electron chi connectivity index (χ3n) is 2.26. The second-order valence-corrected chi connectivity index (χ2v) is 3.53. The first-order valence-corrected chi connectivity index (χ1v) is 5.14. The summed E-state index contributed by atoms with van der Waals surface area (Å²) in [5.41, 5.74) is 1.59. The Morgan fingerprint density at radius 3 is 2.71 bits per heavy atom. The Bertz CT molecular complexity index is 526. The van der Waals surface area contributed by atoms with E-state index in [1.54, 1.807) is 30.6 Å². The zero-order chi connectivity index (χ0) is 12.1. The van der Waals surface area contributed by atoms with E-state index in [4.69, 9.17) is 5.11 Å². The molecule has 0 saturated heterocycles. The minimum atomic E-state index is -0.573. The normalized spacial score (nSPS) is 11.5. The van der Waals surface area contributed by atoms with Crippen LogP contribution in [0.2, 0.25) is 0 Å². The molecule has 0 aliphatic carbocycles. The third kappa shape index (κ3) is 2.87. The Hall–Kier alpha value is -2.23. The van der Waals surface area contributed by atoms with Gasteiger partial charge >= 0.3 is 0 Å². The zero-order valence-electron chi connectivity index (χ0n) is 9.05. The number of hydrogen-bond acceptors (Lipinski definition) is 3. The number of benzene rings is 1. The van der Waals surface area contributed by atoms with E-state index in [-0.39, 0.29) is 6.42 Å². The number of aliphatic hydroxyl groups excluding tert-OH is 1. The zero-order valence-corrected chi connectivity index (χ0v) is 9.05. The minimum Gasteiger partial charge on any atom is -0.513 e. The van der Waals surface area contributed by atoms with E-state index in [0.717, 1.165) is 11.1 Å². The molecule has 0 fully saturated rings. The number of aromatic nitrogens is 2. The van der Waals surface area contributed by atoms with Crippen LogP contribution in [0.3, 0.4) is 0 Å². The molecule has 3 nitrogen and oxygen atoms in total. The number of nitrogens with zero attached hydrogens (tertiary/aromatic N) is 2. The van der Waals surface area contributed by atoms with Crippen molar-refractivity contribution in [3.8, 4) is 11.4 Å². The molecule has 0 aliphatic heterocycles. The molecule has 1 N–H and O–H groups in total. The fourth-order valence-electron chi connectivity index (χ4n) is 1.51. The van der Waals surface area contributed by atoms with Gasteiger partial charge < -0.3 is 5.11 Å². The summed E-state index contributed by atoms with van der Waals surface area (Å²) in [6, 6.07) is 9.00. The fraction of sp³-hybridized carbons (Fsp3) is 0.0769. The van der Waals surface area contributed by atoms with Gasteiger partial charge in [-0.25, -0.2) is 14.4 Å². The molecule has 0 atom stereocenters. The van der Waals surface area contributed by atoms with Crippen LogP contribution in [-0.2, 0) is 6.42 Å². The highest BCUT2D eigenvalue weighted by atomic mass is 19.1. The standard InChI is InChI=1S/C13H11FN2O/c14-12(9-17)8-10-3-1-4-11(7-10)13-15-5-2-6-16-13/h1-7,9,17H,8H2/b12-9-. The van der Waals surface area contributed by atoms with E-state index < -0.39 is 5.83 Å². The van der Waals surface area contributed by atoms with Crippen LogP contribution < -0.4 is 0 Å². The predicted molar refractivity (Wildman–Crippen MR) is 63.0 cm³/mol. The van der Waals surface area contributed by atoms with Crippen molar-refractivity contribution < 1.29 is 9.50 Å². The van der Waals surface area contributed by atoms with Gasteiger partial charge in [0.2, 0.25) is 0 Å². The van der Waals surface area contributed by atoms with Crippen molar-refractivity contribution in [1.82, 2.24) is 9.97 Å². The van der Waals surface area contributed by atoms with Crippen molar-refractivity contribution in [1.29, 1.82) is 0 Å². The number of rotatable bonds is 3. The Kier molecular flexibility index (Phi) is 3.45. The predicted octanol–water partition coefficient (Wildman–Crippen LogP) is 3.06. The molecule has 1 heterocycles.